The summed E-state index contributed by atoms with van der Waals surface area (Å²) in [6, 6.07) is 1.43. The summed E-state index contributed by atoms with van der Waals surface area (Å²) in [5.41, 5.74) is 0. The third kappa shape index (κ3) is 3.94. The minimum atomic E-state index is 0.617. The number of ether oxygens (including phenoxy) is 1. The molecule has 0 radical (unpaired) electrons. The SMILES string of the molecule is CC(NCCC1CCCCN1C)C1CCOC1. The topological polar surface area (TPSA) is 24.5 Å². The molecule has 2 heterocycles. The Hall–Kier alpha value is -0.120. The van der Waals surface area contributed by atoms with Crippen LogP contribution in [0.15, 0.2) is 0 Å². The minimum absolute atomic E-state index is 0.617. The van der Waals surface area contributed by atoms with E-state index in [1.54, 1.807) is 0 Å². The lowest BCUT2D eigenvalue weighted by Gasteiger charge is -2.33. The van der Waals surface area contributed by atoms with Crippen molar-refractivity contribution in [3.05, 3.63) is 0 Å². The molecule has 0 bridgehead atoms. The number of nitrogens with zero attached hydrogens (tertiary/aromatic N) is 1. The summed E-state index contributed by atoms with van der Waals surface area (Å²) in [6.45, 7) is 6.67. The smallest absolute Gasteiger partial charge is 0.0509 e. The van der Waals surface area contributed by atoms with E-state index in [2.05, 4.69) is 24.2 Å². The normalized spacial score (nSPS) is 32.8. The zero-order valence-corrected chi connectivity index (χ0v) is 11.5. The highest BCUT2D eigenvalue weighted by Crippen LogP contribution is 2.19. The van der Waals surface area contributed by atoms with Gasteiger partial charge in [-0.15, -0.1) is 0 Å². The summed E-state index contributed by atoms with van der Waals surface area (Å²) in [5, 5.41) is 3.69. The van der Waals surface area contributed by atoms with Gasteiger partial charge in [-0.25, -0.2) is 0 Å². The zero-order chi connectivity index (χ0) is 12.1. The van der Waals surface area contributed by atoms with Gasteiger partial charge >= 0.3 is 0 Å². The molecule has 0 spiro atoms. The van der Waals surface area contributed by atoms with E-state index in [0.29, 0.717) is 6.04 Å². The minimum Gasteiger partial charge on any atom is -0.381 e. The van der Waals surface area contributed by atoms with Gasteiger partial charge in [-0.2, -0.15) is 0 Å². The van der Waals surface area contributed by atoms with Gasteiger partial charge in [-0.1, -0.05) is 6.42 Å². The first-order valence-corrected chi connectivity index (χ1v) is 7.28. The summed E-state index contributed by atoms with van der Waals surface area (Å²) in [4.78, 5) is 2.54. The maximum absolute atomic E-state index is 5.44. The van der Waals surface area contributed by atoms with Crippen LogP contribution in [0.5, 0.6) is 0 Å². The molecular formula is C14H28N2O. The lowest BCUT2D eigenvalue weighted by atomic mass is 9.98. The van der Waals surface area contributed by atoms with Gasteiger partial charge in [-0.05, 0) is 58.7 Å². The molecule has 0 amide bonds. The highest BCUT2D eigenvalue weighted by Gasteiger charge is 2.23. The van der Waals surface area contributed by atoms with Gasteiger partial charge in [0.2, 0.25) is 0 Å². The standard InChI is InChI=1S/C14H28N2O/c1-12(13-7-10-17-11-13)15-8-6-14-5-3-4-9-16(14)2/h12-15H,3-11H2,1-2H3. The van der Waals surface area contributed by atoms with Crippen molar-refractivity contribution in [1.82, 2.24) is 10.2 Å². The van der Waals surface area contributed by atoms with Crippen LogP contribution < -0.4 is 5.32 Å². The third-order valence-corrected chi connectivity index (χ3v) is 4.54. The van der Waals surface area contributed by atoms with E-state index in [0.717, 1.165) is 31.7 Å². The number of likely N-dealkylation sites (tertiary alicyclic amines) is 1. The highest BCUT2D eigenvalue weighted by molar-refractivity contribution is 4.78. The van der Waals surface area contributed by atoms with Crippen LogP contribution in [0.2, 0.25) is 0 Å². The Bertz CT molecular complexity index is 216. The molecule has 2 rings (SSSR count). The molecular weight excluding hydrogens is 212 g/mol. The molecule has 0 aromatic heterocycles. The van der Waals surface area contributed by atoms with Crippen LogP contribution in [0.3, 0.4) is 0 Å². The van der Waals surface area contributed by atoms with Crippen molar-refractivity contribution >= 4 is 0 Å². The molecule has 0 saturated carbocycles. The summed E-state index contributed by atoms with van der Waals surface area (Å²) in [7, 11) is 2.28. The molecule has 3 unspecified atom stereocenters. The first-order chi connectivity index (χ1) is 8.27. The quantitative estimate of drug-likeness (QED) is 0.794. The zero-order valence-electron chi connectivity index (χ0n) is 11.5. The van der Waals surface area contributed by atoms with E-state index in [1.165, 1.54) is 38.6 Å². The second kappa shape index (κ2) is 6.72. The Morgan fingerprint density at radius 3 is 2.94 bits per heavy atom. The molecule has 0 aromatic carbocycles. The van der Waals surface area contributed by atoms with Crippen molar-refractivity contribution in [3.8, 4) is 0 Å². The van der Waals surface area contributed by atoms with Gasteiger partial charge < -0.3 is 15.0 Å². The van der Waals surface area contributed by atoms with E-state index >= 15 is 0 Å². The molecule has 2 aliphatic heterocycles. The van der Waals surface area contributed by atoms with E-state index in [-0.39, 0.29) is 0 Å². The molecule has 2 saturated heterocycles. The Labute approximate surface area is 106 Å². The van der Waals surface area contributed by atoms with Crippen LogP contribution in [0.25, 0.3) is 0 Å². The second-order valence-electron chi connectivity index (χ2n) is 5.79. The van der Waals surface area contributed by atoms with E-state index in [4.69, 9.17) is 4.74 Å². The lowest BCUT2D eigenvalue weighted by molar-refractivity contribution is 0.167. The molecule has 0 aromatic rings. The van der Waals surface area contributed by atoms with Gasteiger partial charge in [-0.3, -0.25) is 0 Å². The summed E-state index contributed by atoms with van der Waals surface area (Å²) < 4.78 is 5.44. The van der Waals surface area contributed by atoms with Crippen molar-refractivity contribution in [2.45, 2.75) is 51.1 Å². The average Bonchev–Trinajstić information content (AvgIpc) is 2.85. The van der Waals surface area contributed by atoms with Crippen LogP contribution in [0.4, 0.5) is 0 Å². The number of hydrogen-bond donors (Lipinski definition) is 1. The lowest BCUT2D eigenvalue weighted by Crippen LogP contribution is -2.40. The number of piperidine rings is 1. The predicted molar refractivity (Wildman–Crippen MR) is 71.3 cm³/mol. The summed E-state index contributed by atoms with van der Waals surface area (Å²) in [5.74, 6) is 0.735. The molecule has 100 valence electrons. The average molecular weight is 240 g/mol. The first-order valence-electron chi connectivity index (χ1n) is 7.28. The fraction of sp³-hybridized carbons (Fsp3) is 1.00. The van der Waals surface area contributed by atoms with Crippen molar-refractivity contribution < 1.29 is 4.74 Å². The van der Waals surface area contributed by atoms with Crippen LogP contribution in [0, 0.1) is 5.92 Å². The fourth-order valence-electron chi connectivity index (χ4n) is 3.10. The summed E-state index contributed by atoms with van der Waals surface area (Å²) >= 11 is 0. The van der Waals surface area contributed by atoms with Gasteiger partial charge in [0.1, 0.15) is 0 Å². The van der Waals surface area contributed by atoms with E-state index in [1.807, 2.05) is 0 Å². The van der Waals surface area contributed by atoms with Crippen LogP contribution >= 0.6 is 0 Å². The molecule has 0 aliphatic carbocycles. The van der Waals surface area contributed by atoms with Gasteiger partial charge in [0.25, 0.3) is 0 Å². The van der Waals surface area contributed by atoms with Crippen molar-refractivity contribution in [3.63, 3.8) is 0 Å². The number of nitrogens with one attached hydrogen (secondary N) is 1. The largest absolute Gasteiger partial charge is 0.381 e. The number of rotatable bonds is 5. The molecule has 17 heavy (non-hydrogen) atoms. The van der Waals surface area contributed by atoms with Gasteiger partial charge in [0, 0.05) is 18.7 Å². The van der Waals surface area contributed by atoms with E-state index < -0.39 is 0 Å². The van der Waals surface area contributed by atoms with E-state index in [9.17, 15) is 0 Å². The van der Waals surface area contributed by atoms with Crippen molar-refractivity contribution in [2.24, 2.45) is 5.92 Å². The van der Waals surface area contributed by atoms with Crippen LogP contribution in [-0.2, 0) is 4.74 Å². The molecule has 3 nitrogen and oxygen atoms in total. The van der Waals surface area contributed by atoms with Gasteiger partial charge in [0.05, 0.1) is 6.61 Å². The fourth-order valence-corrected chi connectivity index (χ4v) is 3.10. The molecule has 2 fully saturated rings. The van der Waals surface area contributed by atoms with Crippen LogP contribution in [0.1, 0.15) is 39.0 Å². The second-order valence-corrected chi connectivity index (χ2v) is 5.79. The first kappa shape index (κ1) is 13.3. The maximum Gasteiger partial charge on any atom is 0.0509 e. The molecule has 3 atom stereocenters. The highest BCUT2D eigenvalue weighted by atomic mass is 16.5. The summed E-state index contributed by atoms with van der Waals surface area (Å²) in [6.07, 6.45) is 6.72. The molecule has 3 heteroatoms. The van der Waals surface area contributed by atoms with Crippen LogP contribution in [-0.4, -0.2) is 50.3 Å². The molecule has 1 N–H and O–H groups in total. The molecule has 2 aliphatic rings. The Morgan fingerprint density at radius 2 is 2.24 bits per heavy atom. The number of hydrogen-bond acceptors (Lipinski definition) is 3. The third-order valence-electron chi connectivity index (χ3n) is 4.54. The van der Waals surface area contributed by atoms with Gasteiger partial charge in [0.15, 0.2) is 0 Å². The van der Waals surface area contributed by atoms with Crippen molar-refractivity contribution in [1.29, 1.82) is 0 Å². The maximum atomic E-state index is 5.44. The van der Waals surface area contributed by atoms with Crippen molar-refractivity contribution in [2.75, 3.05) is 33.4 Å². The Kier molecular flexibility index (Phi) is 5.26. The predicted octanol–water partition coefficient (Wildman–Crippen LogP) is 1.88. The monoisotopic (exact) mass is 240 g/mol. The Balaban J connectivity index is 1.61. The Morgan fingerprint density at radius 1 is 1.35 bits per heavy atom.